The van der Waals surface area contributed by atoms with Crippen LogP contribution in [0.5, 0.6) is 0 Å². The number of rotatable bonds is 2. The Labute approximate surface area is 391 Å². The van der Waals surface area contributed by atoms with Crippen molar-refractivity contribution in [3.63, 3.8) is 0 Å². The van der Waals surface area contributed by atoms with Crippen LogP contribution in [0.2, 0.25) is 0 Å². The maximum atomic E-state index is 9.19. The van der Waals surface area contributed by atoms with E-state index in [1.807, 2.05) is 0 Å². The monoisotopic (exact) mass is 850 g/mol. The molecule has 5 aromatic carbocycles. The van der Waals surface area contributed by atoms with Crippen molar-refractivity contribution in [2.75, 3.05) is 9.80 Å². The molecule has 0 saturated heterocycles. The highest BCUT2D eigenvalue weighted by molar-refractivity contribution is 7.00. The van der Waals surface area contributed by atoms with E-state index in [0.29, 0.717) is 5.56 Å². The average molecular weight is 850 g/mol. The highest BCUT2D eigenvalue weighted by Gasteiger charge is 2.51. The SMILES string of the molecule is [2H]C([2H])([2H])c1cc2c3c(c1)N(c1ccc4c(c1)C(C)(C)CC4(C)C)c1cc4c(cc1B3c1cc3c(cc1N2c1ccc2c(c1)C(C)(C)CCC2(C)C)C(C)(C)CCC3(C)C)C(C)(C)CC4(C)C. The molecule has 4 aliphatic carbocycles. The van der Waals surface area contributed by atoms with Gasteiger partial charge < -0.3 is 9.80 Å². The van der Waals surface area contributed by atoms with Crippen molar-refractivity contribution in [3.05, 3.63) is 123 Å². The fourth-order valence-electron chi connectivity index (χ4n) is 14.9. The Morgan fingerprint density at radius 2 is 0.703 bits per heavy atom. The lowest BCUT2D eigenvalue weighted by Crippen LogP contribution is -2.62. The predicted octanol–water partition coefficient (Wildman–Crippen LogP) is 14.7. The standard InChI is InChI=1S/C61H75BN2/c1-36-26-51-53-52(27-36)64(38-19-21-40-42(29-38)59(12,13)34-58(40,10)11)50-33-46-44(60(14,15)35-61(46,16)17)31-48(50)62(53)47-30-43-45(57(8,9)25-24-56(43,6)7)32-49(47)63(51)37-18-20-39-41(28-37)55(4,5)23-22-54(39,2)3/h18-21,26-33H,22-25,34-35H2,1-17H3/i1D3. The molecule has 0 N–H and O–H groups in total. The molecular formula is C61H75BN2. The van der Waals surface area contributed by atoms with Crippen LogP contribution in [-0.2, 0) is 43.3 Å². The van der Waals surface area contributed by atoms with Crippen molar-refractivity contribution in [1.82, 2.24) is 0 Å². The fourth-order valence-corrected chi connectivity index (χ4v) is 14.9. The lowest BCUT2D eigenvalue weighted by atomic mass is 9.33. The Hall–Kier alpha value is -4.24. The van der Waals surface area contributed by atoms with Gasteiger partial charge in [0.2, 0.25) is 0 Å². The summed E-state index contributed by atoms with van der Waals surface area (Å²) in [7, 11) is 0. The number of aryl methyl sites for hydroxylation is 1. The van der Waals surface area contributed by atoms with Gasteiger partial charge in [0.15, 0.2) is 0 Å². The van der Waals surface area contributed by atoms with E-state index in [-0.39, 0.29) is 50.0 Å². The number of hydrogen-bond acceptors (Lipinski definition) is 2. The normalized spacial score (nSPS) is 24.2. The van der Waals surface area contributed by atoms with Crippen molar-refractivity contribution in [2.45, 2.75) is 199 Å². The second kappa shape index (κ2) is 12.6. The minimum Gasteiger partial charge on any atom is -0.311 e. The number of nitrogens with zero attached hydrogens (tertiary/aromatic N) is 2. The van der Waals surface area contributed by atoms with Gasteiger partial charge in [-0.25, -0.2) is 0 Å². The minimum absolute atomic E-state index is 0.00115. The topological polar surface area (TPSA) is 6.48 Å². The van der Waals surface area contributed by atoms with Crippen molar-refractivity contribution in [1.29, 1.82) is 0 Å². The fraction of sp³-hybridized carbons (Fsp3) is 0.508. The summed E-state index contributed by atoms with van der Waals surface area (Å²) in [6, 6.07) is 28.9. The van der Waals surface area contributed by atoms with Gasteiger partial charge in [0.1, 0.15) is 0 Å². The molecule has 0 radical (unpaired) electrons. The second-order valence-corrected chi connectivity index (χ2v) is 26.8. The molecule has 2 nitrogen and oxygen atoms in total. The summed E-state index contributed by atoms with van der Waals surface area (Å²) in [6.07, 6.45) is 6.66. The molecule has 0 spiro atoms. The van der Waals surface area contributed by atoms with Crippen LogP contribution < -0.4 is 26.2 Å². The van der Waals surface area contributed by atoms with E-state index in [4.69, 9.17) is 0 Å². The first-order valence-corrected chi connectivity index (χ1v) is 24.7. The van der Waals surface area contributed by atoms with Crippen LogP contribution in [0.15, 0.2) is 72.8 Å². The predicted molar refractivity (Wildman–Crippen MR) is 277 cm³/mol. The smallest absolute Gasteiger partial charge is 0.252 e. The molecule has 64 heavy (non-hydrogen) atoms. The number of hydrogen-bond donors (Lipinski definition) is 0. The summed E-state index contributed by atoms with van der Waals surface area (Å²) in [4.78, 5) is 5.00. The Bertz CT molecular complexity index is 2990. The quantitative estimate of drug-likeness (QED) is 0.160. The molecule has 0 amide bonds. The van der Waals surface area contributed by atoms with Crippen LogP contribution in [0, 0.1) is 6.85 Å². The zero-order valence-corrected chi connectivity index (χ0v) is 42.1. The van der Waals surface area contributed by atoms with Gasteiger partial charge in [0, 0.05) is 38.2 Å². The first kappa shape index (κ1) is 39.0. The first-order chi connectivity index (χ1) is 30.8. The third kappa shape index (κ3) is 5.76. The van der Waals surface area contributed by atoms with E-state index in [0.717, 1.165) is 61.3 Å². The van der Waals surface area contributed by atoms with Crippen LogP contribution in [0.4, 0.5) is 34.1 Å². The first-order valence-electron chi connectivity index (χ1n) is 26.2. The number of benzene rings is 5. The Morgan fingerprint density at radius 1 is 0.375 bits per heavy atom. The molecule has 2 heterocycles. The van der Waals surface area contributed by atoms with Crippen molar-refractivity contribution >= 4 is 57.2 Å². The largest absolute Gasteiger partial charge is 0.311 e. The van der Waals surface area contributed by atoms with Crippen molar-refractivity contribution < 1.29 is 4.11 Å². The maximum Gasteiger partial charge on any atom is 0.252 e. The molecule has 332 valence electrons. The number of anilines is 6. The molecule has 5 aromatic rings. The maximum absolute atomic E-state index is 9.19. The average Bonchev–Trinajstić information content (AvgIpc) is 3.52. The summed E-state index contributed by atoms with van der Waals surface area (Å²) in [5.74, 6) is 0. The Kier molecular flexibility index (Phi) is 7.67. The van der Waals surface area contributed by atoms with Gasteiger partial charge in [-0.2, -0.15) is 0 Å². The van der Waals surface area contributed by atoms with Crippen LogP contribution in [0.3, 0.4) is 0 Å². The second-order valence-electron chi connectivity index (χ2n) is 26.8. The van der Waals surface area contributed by atoms with Crippen LogP contribution in [0.25, 0.3) is 0 Å². The molecule has 0 fully saturated rings. The Morgan fingerprint density at radius 3 is 1.14 bits per heavy atom. The van der Waals surface area contributed by atoms with E-state index in [2.05, 4.69) is 193 Å². The van der Waals surface area contributed by atoms with E-state index in [1.165, 1.54) is 72.3 Å². The summed E-state index contributed by atoms with van der Waals surface area (Å²) in [5, 5.41) is 0. The molecule has 6 aliphatic rings. The van der Waals surface area contributed by atoms with Gasteiger partial charge in [-0.1, -0.05) is 135 Å². The van der Waals surface area contributed by atoms with Gasteiger partial charge in [-0.15, -0.1) is 0 Å². The lowest BCUT2D eigenvalue weighted by molar-refractivity contribution is 0.332. The van der Waals surface area contributed by atoms with Crippen molar-refractivity contribution in [2.24, 2.45) is 0 Å². The van der Waals surface area contributed by atoms with Gasteiger partial charge >= 0.3 is 0 Å². The van der Waals surface area contributed by atoms with Gasteiger partial charge in [-0.05, 0) is 204 Å². The molecule has 0 unspecified atom stereocenters. The zero-order valence-electron chi connectivity index (χ0n) is 45.1. The molecule has 0 saturated carbocycles. The minimum atomic E-state index is -2.34. The lowest BCUT2D eigenvalue weighted by Gasteiger charge is -2.48. The Balaban J connectivity index is 1.30. The molecule has 2 aliphatic heterocycles. The summed E-state index contributed by atoms with van der Waals surface area (Å²) >= 11 is 0. The van der Waals surface area contributed by atoms with E-state index < -0.39 is 6.85 Å². The van der Waals surface area contributed by atoms with Crippen LogP contribution >= 0.6 is 0 Å². The van der Waals surface area contributed by atoms with Gasteiger partial charge in [0.05, 0.1) is 0 Å². The molecular weight excluding hydrogens is 771 g/mol. The van der Waals surface area contributed by atoms with Crippen molar-refractivity contribution in [3.8, 4) is 0 Å². The summed E-state index contributed by atoms with van der Waals surface area (Å²) in [6.45, 7) is 36.3. The third-order valence-electron chi connectivity index (χ3n) is 18.2. The van der Waals surface area contributed by atoms with Crippen LogP contribution in [0.1, 0.15) is 203 Å². The summed E-state index contributed by atoms with van der Waals surface area (Å²) < 4.78 is 27.6. The van der Waals surface area contributed by atoms with E-state index >= 15 is 0 Å². The van der Waals surface area contributed by atoms with Crippen LogP contribution in [-0.4, -0.2) is 6.71 Å². The molecule has 0 atom stereocenters. The molecule has 0 aromatic heterocycles. The number of fused-ring (bicyclic) bond motifs is 8. The highest BCUT2D eigenvalue weighted by atomic mass is 15.2. The summed E-state index contributed by atoms with van der Waals surface area (Å²) in [5.41, 5.74) is 22.2. The van der Waals surface area contributed by atoms with Gasteiger partial charge in [-0.3, -0.25) is 0 Å². The van der Waals surface area contributed by atoms with Gasteiger partial charge in [0.25, 0.3) is 6.71 Å². The van der Waals surface area contributed by atoms with E-state index in [1.54, 1.807) is 0 Å². The molecule has 3 heteroatoms. The third-order valence-corrected chi connectivity index (χ3v) is 18.2. The van der Waals surface area contributed by atoms with E-state index in [9.17, 15) is 4.11 Å². The highest BCUT2D eigenvalue weighted by Crippen LogP contribution is 2.56. The molecule has 11 rings (SSSR count). The zero-order chi connectivity index (χ0) is 48.4. The molecule has 0 bridgehead atoms.